The van der Waals surface area contributed by atoms with Crippen LogP contribution in [0.2, 0.25) is 0 Å². The SMILES string of the molecule is O=C1NCC2=NCCN2C1c1nc2ccccc2[nH]1. The molecule has 1 saturated heterocycles. The Morgan fingerprint density at radius 1 is 1.32 bits per heavy atom. The Kier molecular flexibility index (Phi) is 2.11. The lowest BCUT2D eigenvalue weighted by atomic mass is 10.1. The number of aliphatic imine (C=N–C) groups is 1. The van der Waals surface area contributed by atoms with Gasteiger partial charge in [0.2, 0.25) is 0 Å². The first-order valence-corrected chi connectivity index (χ1v) is 6.35. The second-order valence-electron chi connectivity index (χ2n) is 4.75. The standard InChI is InChI=1S/C13H13N5O/c19-13-11(18-6-5-14-10(18)7-15-13)12-16-8-3-1-2-4-9(8)17-12/h1-4,11H,5-7H2,(H,15,19)(H,16,17). The minimum Gasteiger partial charge on any atom is -0.347 e. The molecule has 2 aliphatic heterocycles. The molecule has 0 bridgehead atoms. The van der Waals surface area contributed by atoms with Gasteiger partial charge >= 0.3 is 0 Å². The molecule has 1 amide bonds. The molecule has 2 aliphatic rings. The maximum absolute atomic E-state index is 12.1. The molecule has 1 atom stereocenters. The number of hydrogen-bond donors (Lipinski definition) is 2. The van der Waals surface area contributed by atoms with E-state index in [9.17, 15) is 4.79 Å². The maximum atomic E-state index is 12.1. The molecular weight excluding hydrogens is 242 g/mol. The van der Waals surface area contributed by atoms with Crippen LogP contribution in [0.3, 0.4) is 0 Å². The van der Waals surface area contributed by atoms with Crippen molar-refractivity contribution in [2.45, 2.75) is 6.04 Å². The van der Waals surface area contributed by atoms with Crippen molar-refractivity contribution in [3.8, 4) is 0 Å². The van der Waals surface area contributed by atoms with Crippen LogP contribution in [0.15, 0.2) is 29.3 Å². The van der Waals surface area contributed by atoms with E-state index in [1.807, 2.05) is 29.2 Å². The smallest absolute Gasteiger partial charge is 0.251 e. The van der Waals surface area contributed by atoms with Crippen molar-refractivity contribution in [3.05, 3.63) is 30.1 Å². The highest BCUT2D eigenvalue weighted by Gasteiger charge is 2.38. The van der Waals surface area contributed by atoms with Crippen LogP contribution in [0.5, 0.6) is 0 Å². The monoisotopic (exact) mass is 255 g/mol. The summed E-state index contributed by atoms with van der Waals surface area (Å²) in [5, 5.41) is 2.87. The third kappa shape index (κ3) is 1.53. The first-order chi connectivity index (χ1) is 9.33. The Morgan fingerprint density at radius 2 is 2.21 bits per heavy atom. The number of nitrogens with zero attached hydrogens (tertiary/aromatic N) is 3. The van der Waals surface area contributed by atoms with Gasteiger partial charge in [0.25, 0.3) is 5.91 Å². The van der Waals surface area contributed by atoms with Crippen molar-refractivity contribution in [1.29, 1.82) is 0 Å². The number of para-hydroxylation sites is 2. The zero-order valence-corrected chi connectivity index (χ0v) is 10.3. The van der Waals surface area contributed by atoms with E-state index in [0.717, 1.165) is 30.0 Å². The number of amidine groups is 1. The molecular formula is C13H13N5O. The van der Waals surface area contributed by atoms with E-state index in [1.165, 1.54) is 0 Å². The highest BCUT2D eigenvalue weighted by molar-refractivity contribution is 5.98. The number of nitrogens with one attached hydrogen (secondary N) is 2. The van der Waals surface area contributed by atoms with Gasteiger partial charge in [-0.1, -0.05) is 12.1 Å². The average Bonchev–Trinajstić information content (AvgIpc) is 3.03. The summed E-state index contributed by atoms with van der Waals surface area (Å²) in [4.78, 5) is 26.4. The summed E-state index contributed by atoms with van der Waals surface area (Å²) in [6, 6.07) is 7.41. The lowest BCUT2D eigenvalue weighted by Crippen LogP contribution is -2.52. The van der Waals surface area contributed by atoms with Gasteiger partial charge in [-0.2, -0.15) is 0 Å². The fraction of sp³-hybridized carbons (Fsp3) is 0.308. The van der Waals surface area contributed by atoms with Gasteiger partial charge in [-0.25, -0.2) is 4.98 Å². The first-order valence-electron chi connectivity index (χ1n) is 6.35. The summed E-state index contributed by atoms with van der Waals surface area (Å²) in [6.45, 7) is 2.06. The zero-order chi connectivity index (χ0) is 12.8. The van der Waals surface area contributed by atoms with Gasteiger partial charge in [0.1, 0.15) is 11.7 Å². The zero-order valence-electron chi connectivity index (χ0n) is 10.3. The molecule has 2 N–H and O–H groups in total. The predicted octanol–water partition coefficient (Wildman–Crippen LogP) is 0.448. The van der Waals surface area contributed by atoms with E-state index in [1.54, 1.807) is 0 Å². The topological polar surface area (TPSA) is 73.4 Å². The predicted molar refractivity (Wildman–Crippen MR) is 70.9 cm³/mol. The molecule has 0 saturated carbocycles. The Hall–Kier alpha value is -2.37. The van der Waals surface area contributed by atoms with Crippen LogP contribution >= 0.6 is 0 Å². The van der Waals surface area contributed by atoms with Crippen LogP contribution in [0.4, 0.5) is 0 Å². The summed E-state index contributed by atoms with van der Waals surface area (Å²) in [5.41, 5.74) is 1.84. The molecule has 1 unspecified atom stereocenters. The molecule has 6 heteroatoms. The Labute approximate surface area is 109 Å². The summed E-state index contributed by atoms with van der Waals surface area (Å²) in [5.74, 6) is 1.62. The number of carbonyl (C=O) groups excluding carboxylic acids is 1. The molecule has 1 aromatic heterocycles. The Balaban J connectivity index is 1.80. The van der Waals surface area contributed by atoms with Crippen LogP contribution < -0.4 is 5.32 Å². The van der Waals surface area contributed by atoms with Crippen molar-refractivity contribution < 1.29 is 4.79 Å². The van der Waals surface area contributed by atoms with Gasteiger partial charge in [0, 0.05) is 6.54 Å². The fourth-order valence-corrected chi connectivity index (χ4v) is 2.72. The molecule has 0 aliphatic carbocycles. The fourth-order valence-electron chi connectivity index (χ4n) is 2.72. The highest BCUT2D eigenvalue weighted by Crippen LogP contribution is 2.25. The lowest BCUT2D eigenvalue weighted by Gasteiger charge is -2.32. The van der Waals surface area contributed by atoms with Gasteiger partial charge in [-0.15, -0.1) is 0 Å². The first kappa shape index (κ1) is 10.5. The van der Waals surface area contributed by atoms with E-state index in [-0.39, 0.29) is 11.9 Å². The van der Waals surface area contributed by atoms with Crippen LogP contribution in [-0.2, 0) is 4.79 Å². The van der Waals surface area contributed by atoms with Crippen LogP contribution in [-0.4, -0.2) is 46.2 Å². The molecule has 0 spiro atoms. The number of hydrogen-bond acceptors (Lipinski definition) is 4. The maximum Gasteiger partial charge on any atom is 0.251 e. The number of aromatic amines is 1. The summed E-state index contributed by atoms with van der Waals surface area (Å²) >= 11 is 0. The number of aromatic nitrogens is 2. The van der Waals surface area contributed by atoms with Crippen molar-refractivity contribution in [1.82, 2.24) is 20.2 Å². The number of H-pyrrole nitrogens is 1. The largest absolute Gasteiger partial charge is 0.347 e. The number of rotatable bonds is 1. The summed E-state index contributed by atoms with van der Waals surface area (Å²) < 4.78 is 0. The quantitative estimate of drug-likeness (QED) is 0.777. The molecule has 1 fully saturated rings. The van der Waals surface area contributed by atoms with E-state index in [4.69, 9.17) is 0 Å². The van der Waals surface area contributed by atoms with E-state index in [2.05, 4.69) is 20.3 Å². The van der Waals surface area contributed by atoms with E-state index >= 15 is 0 Å². The molecule has 6 nitrogen and oxygen atoms in total. The van der Waals surface area contributed by atoms with Crippen LogP contribution in [0, 0.1) is 0 Å². The highest BCUT2D eigenvalue weighted by atomic mass is 16.2. The third-order valence-electron chi connectivity index (χ3n) is 3.61. The number of carbonyl (C=O) groups is 1. The van der Waals surface area contributed by atoms with Gasteiger partial charge < -0.3 is 15.2 Å². The summed E-state index contributed by atoms with van der Waals surface area (Å²) in [6.07, 6.45) is 0. The average molecular weight is 255 g/mol. The van der Waals surface area contributed by atoms with Crippen LogP contribution in [0.25, 0.3) is 11.0 Å². The van der Waals surface area contributed by atoms with Crippen molar-refractivity contribution >= 4 is 22.8 Å². The van der Waals surface area contributed by atoms with Crippen molar-refractivity contribution in [2.75, 3.05) is 19.6 Å². The normalized spacial score (nSPS) is 22.3. The second kappa shape index (κ2) is 3.81. The molecule has 19 heavy (non-hydrogen) atoms. The molecule has 96 valence electrons. The Morgan fingerprint density at radius 3 is 3.11 bits per heavy atom. The van der Waals surface area contributed by atoms with Crippen molar-refractivity contribution in [2.24, 2.45) is 4.99 Å². The number of benzene rings is 1. The van der Waals surface area contributed by atoms with Gasteiger partial charge in [-0.05, 0) is 12.1 Å². The van der Waals surface area contributed by atoms with Gasteiger partial charge in [0.05, 0.1) is 24.1 Å². The molecule has 1 aromatic carbocycles. The van der Waals surface area contributed by atoms with E-state index in [0.29, 0.717) is 12.4 Å². The number of piperazine rings is 1. The minimum absolute atomic E-state index is 0.0140. The molecule has 3 heterocycles. The van der Waals surface area contributed by atoms with Gasteiger partial charge in [0.15, 0.2) is 6.04 Å². The Bertz CT molecular complexity index is 656. The van der Waals surface area contributed by atoms with E-state index < -0.39 is 0 Å². The number of amides is 1. The third-order valence-corrected chi connectivity index (χ3v) is 3.61. The molecule has 2 aromatic rings. The molecule has 0 radical (unpaired) electrons. The lowest BCUT2D eigenvalue weighted by molar-refractivity contribution is -0.126. The van der Waals surface area contributed by atoms with Crippen LogP contribution in [0.1, 0.15) is 11.9 Å². The van der Waals surface area contributed by atoms with Gasteiger partial charge in [-0.3, -0.25) is 9.79 Å². The minimum atomic E-state index is -0.387. The second-order valence-corrected chi connectivity index (χ2v) is 4.75. The summed E-state index contributed by atoms with van der Waals surface area (Å²) in [7, 11) is 0. The van der Waals surface area contributed by atoms with Crippen molar-refractivity contribution in [3.63, 3.8) is 0 Å². The number of imidazole rings is 1. The molecule has 4 rings (SSSR count). The number of fused-ring (bicyclic) bond motifs is 2.